The first-order valence-electron chi connectivity index (χ1n) is 6.33. The monoisotopic (exact) mass is 269 g/mol. The van der Waals surface area contributed by atoms with Crippen LogP contribution in [0.15, 0.2) is 30.3 Å². The minimum Gasteiger partial charge on any atom is -0.396 e. The van der Waals surface area contributed by atoms with Gasteiger partial charge in [-0.15, -0.1) is 0 Å². The van der Waals surface area contributed by atoms with Gasteiger partial charge in [0.05, 0.1) is 6.10 Å². The van der Waals surface area contributed by atoms with E-state index in [1.165, 1.54) is 0 Å². The van der Waals surface area contributed by atoms with Gasteiger partial charge in [0, 0.05) is 23.7 Å². The summed E-state index contributed by atoms with van der Waals surface area (Å²) in [6.45, 7) is 2.25. The van der Waals surface area contributed by atoms with Crippen LogP contribution in [0.1, 0.15) is 18.9 Å². The van der Waals surface area contributed by atoms with Crippen molar-refractivity contribution >= 4 is 11.8 Å². The Bertz CT molecular complexity index is 321. The van der Waals surface area contributed by atoms with Gasteiger partial charge in [-0.3, -0.25) is 0 Å². The molecule has 0 aliphatic rings. The lowest BCUT2D eigenvalue weighted by atomic mass is 10.0. The first-order chi connectivity index (χ1) is 8.63. The lowest BCUT2D eigenvalue weighted by Crippen LogP contribution is -2.38. The second kappa shape index (κ2) is 8.53. The molecule has 3 nitrogen and oxygen atoms in total. The van der Waals surface area contributed by atoms with Gasteiger partial charge in [-0.1, -0.05) is 37.3 Å². The molecule has 0 fully saturated rings. The van der Waals surface area contributed by atoms with Crippen molar-refractivity contribution in [1.82, 2.24) is 0 Å². The molecule has 4 N–H and O–H groups in total. The van der Waals surface area contributed by atoms with Crippen LogP contribution in [-0.4, -0.2) is 40.0 Å². The number of rotatable bonds is 8. The third kappa shape index (κ3) is 5.87. The molecule has 102 valence electrons. The average molecular weight is 269 g/mol. The van der Waals surface area contributed by atoms with Gasteiger partial charge < -0.3 is 15.9 Å². The van der Waals surface area contributed by atoms with Gasteiger partial charge in [0.15, 0.2) is 0 Å². The molecule has 3 atom stereocenters. The summed E-state index contributed by atoms with van der Waals surface area (Å²) in [5.41, 5.74) is 7.15. The molecule has 0 spiro atoms. The van der Waals surface area contributed by atoms with Crippen LogP contribution in [0.2, 0.25) is 0 Å². The Morgan fingerprint density at radius 1 is 1.28 bits per heavy atom. The third-order valence-corrected chi connectivity index (χ3v) is 4.23. The summed E-state index contributed by atoms with van der Waals surface area (Å²) in [5, 5.41) is 19.1. The molecular weight excluding hydrogens is 246 g/mol. The van der Waals surface area contributed by atoms with Crippen LogP contribution >= 0.6 is 11.8 Å². The molecule has 0 saturated heterocycles. The van der Waals surface area contributed by atoms with Crippen LogP contribution < -0.4 is 5.73 Å². The van der Waals surface area contributed by atoms with Gasteiger partial charge in [-0.25, -0.2) is 0 Å². The van der Waals surface area contributed by atoms with E-state index >= 15 is 0 Å². The molecule has 0 aliphatic heterocycles. The van der Waals surface area contributed by atoms with Crippen molar-refractivity contribution in [3.8, 4) is 0 Å². The lowest BCUT2D eigenvalue weighted by molar-refractivity contribution is 0.167. The minimum absolute atomic E-state index is 0.195. The van der Waals surface area contributed by atoms with Gasteiger partial charge >= 0.3 is 0 Å². The summed E-state index contributed by atoms with van der Waals surface area (Å²) in [6, 6.07) is 9.74. The summed E-state index contributed by atoms with van der Waals surface area (Å²) in [6.07, 6.45) is 0.943. The van der Waals surface area contributed by atoms with Crippen molar-refractivity contribution in [2.24, 2.45) is 5.73 Å². The van der Waals surface area contributed by atoms with Gasteiger partial charge in [0.2, 0.25) is 0 Å². The summed E-state index contributed by atoms with van der Waals surface area (Å²) in [5.74, 6) is 0.620. The van der Waals surface area contributed by atoms with Crippen LogP contribution in [0.4, 0.5) is 0 Å². The highest BCUT2D eigenvalue weighted by Gasteiger charge is 2.16. The highest BCUT2D eigenvalue weighted by atomic mass is 32.2. The zero-order valence-electron chi connectivity index (χ0n) is 10.8. The number of thioether (sulfide) groups is 1. The Kier molecular flexibility index (Phi) is 7.35. The van der Waals surface area contributed by atoms with E-state index < -0.39 is 6.10 Å². The second-order valence-electron chi connectivity index (χ2n) is 4.58. The molecular formula is C14H23NO2S. The number of aliphatic hydroxyl groups is 2. The molecule has 18 heavy (non-hydrogen) atoms. The fourth-order valence-corrected chi connectivity index (χ4v) is 2.72. The van der Waals surface area contributed by atoms with E-state index in [-0.39, 0.29) is 12.6 Å². The molecule has 0 saturated carbocycles. The summed E-state index contributed by atoms with van der Waals surface area (Å²) in [4.78, 5) is 0. The number of aliphatic hydroxyl groups excluding tert-OH is 2. The van der Waals surface area contributed by atoms with Gasteiger partial charge in [0.25, 0.3) is 0 Å². The van der Waals surface area contributed by atoms with E-state index in [1.807, 2.05) is 30.3 Å². The molecule has 0 aromatic heterocycles. The minimum atomic E-state index is -0.503. The molecule has 0 radical (unpaired) electrons. The molecule has 3 unspecified atom stereocenters. The molecule has 0 bridgehead atoms. The number of hydrogen-bond donors (Lipinski definition) is 3. The summed E-state index contributed by atoms with van der Waals surface area (Å²) >= 11 is 1.66. The highest BCUT2D eigenvalue weighted by molar-refractivity contribution is 7.99. The smallest absolute Gasteiger partial charge is 0.0784 e. The van der Waals surface area contributed by atoms with Crippen LogP contribution in [0.5, 0.6) is 0 Å². The SMILES string of the molecule is CC(CCO)SCC(O)C(N)Cc1ccccc1. The zero-order chi connectivity index (χ0) is 13.4. The van der Waals surface area contributed by atoms with Crippen molar-refractivity contribution in [3.63, 3.8) is 0 Å². The van der Waals surface area contributed by atoms with Gasteiger partial charge in [0.1, 0.15) is 0 Å². The Labute approximate surface area is 113 Å². The summed E-state index contributed by atoms with van der Waals surface area (Å²) < 4.78 is 0. The van der Waals surface area contributed by atoms with Crippen LogP contribution in [-0.2, 0) is 6.42 Å². The van der Waals surface area contributed by atoms with Gasteiger partial charge in [-0.05, 0) is 18.4 Å². The predicted molar refractivity (Wildman–Crippen MR) is 77.8 cm³/mol. The van der Waals surface area contributed by atoms with E-state index in [4.69, 9.17) is 10.8 Å². The maximum absolute atomic E-state index is 9.99. The fourth-order valence-electron chi connectivity index (χ4n) is 1.67. The topological polar surface area (TPSA) is 66.5 Å². The van der Waals surface area contributed by atoms with Crippen LogP contribution in [0, 0.1) is 0 Å². The average Bonchev–Trinajstić information content (AvgIpc) is 2.37. The van der Waals surface area contributed by atoms with E-state index in [1.54, 1.807) is 11.8 Å². The normalized spacial score (nSPS) is 16.2. The van der Waals surface area contributed by atoms with E-state index in [0.29, 0.717) is 17.4 Å². The molecule has 0 heterocycles. The molecule has 4 heteroatoms. The van der Waals surface area contributed by atoms with E-state index in [2.05, 4.69) is 6.92 Å². The predicted octanol–water partition coefficient (Wildman–Crippen LogP) is 1.42. The van der Waals surface area contributed by atoms with Gasteiger partial charge in [-0.2, -0.15) is 11.8 Å². The molecule has 1 aromatic rings. The largest absolute Gasteiger partial charge is 0.396 e. The van der Waals surface area contributed by atoms with Crippen LogP contribution in [0.3, 0.4) is 0 Å². The Morgan fingerprint density at radius 3 is 2.56 bits per heavy atom. The highest BCUT2D eigenvalue weighted by Crippen LogP contribution is 2.16. The number of nitrogens with two attached hydrogens (primary N) is 1. The maximum Gasteiger partial charge on any atom is 0.0784 e. The molecule has 1 rings (SSSR count). The Morgan fingerprint density at radius 2 is 1.94 bits per heavy atom. The fraction of sp³-hybridized carbons (Fsp3) is 0.571. The van der Waals surface area contributed by atoms with Crippen molar-refractivity contribution in [1.29, 1.82) is 0 Å². The Hall–Kier alpha value is -0.550. The molecule has 0 amide bonds. The third-order valence-electron chi connectivity index (χ3n) is 2.90. The van der Waals surface area contributed by atoms with Crippen molar-refractivity contribution in [2.45, 2.75) is 37.2 Å². The number of hydrogen-bond acceptors (Lipinski definition) is 4. The van der Waals surface area contributed by atoms with Crippen molar-refractivity contribution in [2.75, 3.05) is 12.4 Å². The van der Waals surface area contributed by atoms with Crippen LogP contribution in [0.25, 0.3) is 0 Å². The maximum atomic E-state index is 9.99. The standard InChI is InChI=1S/C14H23NO2S/c1-11(7-8-16)18-10-14(17)13(15)9-12-5-3-2-4-6-12/h2-6,11,13-14,16-17H,7-10,15H2,1H3. The van der Waals surface area contributed by atoms with Crippen molar-refractivity contribution < 1.29 is 10.2 Å². The van der Waals surface area contributed by atoms with E-state index in [9.17, 15) is 5.11 Å². The van der Waals surface area contributed by atoms with Crippen molar-refractivity contribution in [3.05, 3.63) is 35.9 Å². The quantitative estimate of drug-likeness (QED) is 0.668. The second-order valence-corrected chi connectivity index (χ2v) is 6.05. The molecule has 0 aliphatic carbocycles. The number of benzene rings is 1. The Balaban J connectivity index is 2.30. The first kappa shape index (κ1) is 15.5. The summed E-state index contributed by atoms with van der Waals surface area (Å²) in [7, 11) is 0. The zero-order valence-corrected chi connectivity index (χ0v) is 11.6. The van der Waals surface area contributed by atoms with E-state index in [0.717, 1.165) is 12.0 Å². The lowest BCUT2D eigenvalue weighted by Gasteiger charge is -2.20. The molecule has 1 aromatic carbocycles. The first-order valence-corrected chi connectivity index (χ1v) is 7.38.